The highest BCUT2D eigenvalue weighted by molar-refractivity contribution is 7.98. The number of rotatable bonds is 3. The number of aromatic amines is 1. The highest BCUT2D eigenvalue weighted by atomic mass is 32.2. The van der Waals surface area contributed by atoms with E-state index in [9.17, 15) is 5.11 Å². The van der Waals surface area contributed by atoms with E-state index in [1.807, 2.05) is 30.5 Å². The van der Waals surface area contributed by atoms with Crippen molar-refractivity contribution in [2.24, 2.45) is 0 Å². The first-order chi connectivity index (χ1) is 9.79. The lowest BCUT2D eigenvalue weighted by molar-refractivity contribution is 0.391. The van der Waals surface area contributed by atoms with Crippen molar-refractivity contribution >= 4 is 17.3 Å². The van der Waals surface area contributed by atoms with E-state index in [2.05, 4.69) is 21.3 Å². The van der Waals surface area contributed by atoms with E-state index < -0.39 is 0 Å². The van der Waals surface area contributed by atoms with Crippen molar-refractivity contribution in [2.75, 3.05) is 6.26 Å². The maximum Gasteiger partial charge on any atom is 0.105 e. The van der Waals surface area contributed by atoms with Crippen LogP contribution < -0.4 is 0 Å². The lowest BCUT2D eigenvalue weighted by atomic mass is 10.0. The molecular weight excluding hydrogens is 270 g/mol. The minimum Gasteiger partial charge on any atom is -0.512 e. The molecule has 0 saturated carbocycles. The third kappa shape index (κ3) is 2.36. The average molecular weight is 285 g/mol. The number of allylic oxidation sites excluding steroid dienone is 4. The van der Waals surface area contributed by atoms with E-state index in [4.69, 9.17) is 0 Å². The monoisotopic (exact) mass is 285 g/mol. The first kappa shape index (κ1) is 13.0. The van der Waals surface area contributed by atoms with Gasteiger partial charge in [0.25, 0.3) is 0 Å². The van der Waals surface area contributed by atoms with Gasteiger partial charge in [0.15, 0.2) is 0 Å². The molecule has 0 bridgehead atoms. The molecule has 0 aliphatic heterocycles. The van der Waals surface area contributed by atoms with Gasteiger partial charge in [-0.2, -0.15) is 5.10 Å². The van der Waals surface area contributed by atoms with E-state index in [-0.39, 0.29) is 0 Å². The van der Waals surface area contributed by atoms with Crippen molar-refractivity contribution in [1.82, 2.24) is 15.2 Å². The lowest BCUT2D eigenvalue weighted by Gasteiger charge is -2.08. The molecule has 2 N–H and O–H groups in total. The molecule has 1 aliphatic carbocycles. The molecule has 0 spiro atoms. The van der Waals surface area contributed by atoms with Gasteiger partial charge in [-0.1, -0.05) is 12.2 Å². The van der Waals surface area contributed by atoms with Crippen molar-refractivity contribution < 1.29 is 5.11 Å². The van der Waals surface area contributed by atoms with Crippen LogP contribution in [-0.4, -0.2) is 26.5 Å². The van der Waals surface area contributed by atoms with Crippen LogP contribution in [0.4, 0.5) is 0 Å². The summed E-state index contributed by atoms with van der Waals surface area (Å²) in [6.45, 7) is 0. The van der Waals surface area contributed by atoms with Gasteiger partial charge in [-0.3, -0.25) is 5.10 Å². The molecule has 0 amide bonds. The summed E-state index contributed by atoms with van der Waals surface area (Å²) in [6, 6.07) is 5.86. The van der Waals surface area contributed by atoms with Gasteiger partial charge in [-0.25, -0.2) is 4.98 Å². The Morgan fingerprint density at radius 2 is 2.30 bits per heavy atom. The van der Waals surface area contributed by atoms with Crippen molar-refractivity contribution in [1.29, 1.82) is 0 Å². The molecule has 2 heterocycles. The van der Waals surface area contributed by atoms with Gasteiger partial charge < -0.3 is 5.11 Å². The Hall–Kier alpha value is -2.01. The smallest absolute Gasteiger partial charge is 0.105 e. The Kier molecular flexibility index (Phi) is 3.60. The van der Waals surface area contributed by atoms with Crippen LogP contribution in [0.5, 0.6) is 0 Å². The number of pyridine rings is 1. The third-order valence-corrected chi connectivity index (χ3v) is 3.96. The van der Waals surface area contributed by atoms with Crippen LogP contribution in [0.15, 0.2) is 47.3 Å². The van der Waals surface area contributed by atoms with Gasteiger partial charge >= 0.3 is 0 Å². The summed E-state index contributed by atoms with van der Waals surface area (Å²) in [7, 11) is 0. The molecule has 0 saturated heterocycles. The highest BCUT2D eigenvalue weighted by Gasteiger charge is 2.14. The zero-order valence-corrected chi connectivity index (χ0v) is 11.9. The van der Waals surface area contributed by atoms with Crippen molar-refractivity contribution in [3.63, 3.8) is 0 Å². The van der Waals surface area contributed by atoms with E-state index in [1.165, 1.54) is 0 Å². The van der Waals surface area contributed by atoms with Crippen LogP contribution in [0, 0.1) is 0 Å². The number of aromatic nitrogens is 3. The summed E-state index contributed by atoms with van der Waals surface area (Å²) in [5, 5.41) is 18.3. The van der Waals surface area contributed by atoms with Crippen molar-refractivity contribution in [3.8, 4) is 11.3 Å². The molecule has 0 atom stereocenters. The van der Waals surface area contributed by atoms with Crippen LogP contribution in [0.2, 0.25) is 0 Å². The van der Waals surface area contributed by atoms with Gasteiger partial charge in [-0.15, -0.1) is 11.8 Å². The fourth-order valence-electron chi connectivity index (χ4n) is 2.24. The van der Waals surface area contributed by atoms with E-state index >= 15 is 0 Å². The van der Waals surface area contributed by atoms with Gasteiger partial charge in [0.1, 0.15) is 10.8 Å². The lowest BCUT2D eigenvalue weighted by Crippen LogP contribution is -1.94. The fraction of sp³-hybridized carbons (Fsp3) is 0.200. The Morgan fingerprint density at radius 1 is 1.40 bits per heavy atom. The normalized spacial score (nSPS) is 14.8. The number of thioether (sulfide) groups is 1. The standard InChI is InChI=1S/C15H15N3OS/c1-20-15-11(6-4-8-16-15)13-9-12(17-18-13)10-5-2-3-7-14(10)19/h2,4-6,8-9,19H,3,7H2,1H3,(H,17,18). The van der Waals surface area contributed by atoms with Crippen molar-refractivity contribution in [3.05, 3.63) is 48.0 Å². The highest BCUT2D eigenvalue weighted by Crippen LogP contribution is 2.30. The van der Waals surface area contributed by atoms with E-state index in [1.54, 1.807) is 18.0 Å². The molecule has 3 rings (SSSR count). The van der Waals surface area contributed by atoms with Gasteiger partial charge in [0.05, 0.1) is 11.4 Å². The van der Waals surface area contributed by atoms with Crippen LogP contribution in [0.25, 0.3) is 16.8 Å². The molecule has 20 heavy (non-hydrogen) atoms. The molecular formula is C15H15N3OS. The maximum atomic E-state index is 9.97. The molecule has 4 nitrogen and oxygen atoms in total. The Morgan fingerprint density at radius 3 is 3.10 bits per heavy atom. The van der Waals surface area contributed by atoms with Gasteiger partial charge in [0, 0.05) is 23.8 Å². The molecule has 5 heteroatoms. The van der Waals surface area contributed by atoms with Crippen LogP contribution in [-0.2, 0) is 0 Å². The van der Waals surface area contributed by atoms with E-state index in [0.29, 0.717) is 12.2 Å². The van der Waals surface area contributed by atoms with Gasteiger partial charge in [0.2, 0.25) is 0 Å². The molecule has 0 aromatic carbocycles. The van der Waals surface area contributed by atoms with Crippen LogP contribution in [0.3, 0.4) is 0 Å². The Bertz CT molecular complexity index is 688. The number of aliphatic hydroxyl groups is 1. The molecule has 0 unspecified atom stereocenters. The summed E-state index contributed by atoms with van der Waals surface area (Å²) in [6.07, 6.45) is 9.35. The van der Waals surface area contributed by atoms with E-state index in [0.717, 1.165) is 34.0 Å². The first-order valence-electron chi connectivity index (χ1n) is 6.43. The average Bonchev–Trinajstić information content (AvgIpc) is 2.97. The minimum atomic E-state index is 0.416. The zero-order valence-electron chi connectivity index (χ0n) is 11.1. The number of nitrogens with zero attached hydrogens (tertiary/aromatic N) is 2. The summed E-state index contributed by atoms with van der Waals surface area (Å²) < 4.78 is 0. The first-order valence-corrected chi connectivity index (χ1v) is 7.66. The second-order valence-corrected chi connectivity index (χ2v) is 5.32. The largest absolute Gasteiger partial charge is 0.512 e. The second kappa shape index (κ2) is 5.54. The van der Waals surface area contributed by atoms with Crippen molar-refractivity contribution in [2.45, 2.75) is 17.9 Å². The fourth-order valence-corrected chi connectivity index (χ4v) is 2.80. The molecule has 1 aliphatic rings. The molecule has 2 aromatic heterocycles. The summed E-state index contributed by atoms with van der Waals surface area (Å²) in [5.41, 5.74) is 3.51. The zero-order chi connectivity index (χ0) is 13.9. The quantitative estimate of drug-likeness (QED) is 0.842. The SMILES string of the molecule is CSc1ncccc1-c1cc(C2=C(O)CCC=C2)[nH]n1. The molecule has 2 aromatic rings. The van der Waals surface area contributed by atoms with Crippen LogP contribution >= 0.6 is 11.8 Å². The summed E-state index contributed by atoms with van der Waals surface area (Å²) in [4.78, 5) is 4.34. The number of nitrogens with one attached hydrogen (secondary N) is 1. The number of hydrogen-bond donors (Lipinski definition) is 2. The molecule has 0 radical (unpaired) electrons. The number of aliphatic hydroxyl groups excluding tert-OH is 1. The summed E-state index contributed by atoms with van der Waals surface area (Å²) >= 11 is 1.60. The third-order valence-electron chi connectivity index (χ3n) is 3.25. The van der Waals surface area contributed by atoms with Crippen LogP contribution in [0.1, 0.15) is 18.5 Å². The predicted molar refractivity (Wildman–Crippen MR) is 81.5 cm³/mol. The second-order valence-electron chi connectivity index (χ2n) is 4.53. The number of H-pyrrole nitrogens is 1. The topological polar surface area (TPSA) is 61.8 Å². The minimum absolute atomic E-state index is 0.416. The molecule has 102 valence electrons. The Balaban J connectivity index is 2.00. The maximum absolute atomic E-state index is 9.97. The van der Waals surface area contributed by atoms with Gasteiger partial charge in [-0.05, 0) is 30.9 Å². The predicted octanol–water partition coefficient (Wildman–Crippen LogP) is 3.81. The Labute approximate surface area is 121 Å². The number of hydrogen-bond acceptors (Lipinski definition) is 4. The summed E-state index contributed by atoms with van der Waals surface area (Å²) in [5.74, 6) is 0.416. The molecule has 0 fully saturated rings.